The summed E-state index contributed by atoms with van der Waals surface area (Å²) in [5.41, 5.74) is 1.44. The van der Waals surface area contributed by atoms with Crippen LogP contribution in [0.25, 0.3) is 0 Å². The average molecular weight is 281 g/mol. The molecule has 19 heavy (non-hydrogen) atoms. The van der Waals surface area contributed by atoms with Crippen molar-refractivity contribution in [2.24, 2.45) is 0 Å². The van der Waals surface area contributed by atoms with E-state index in [1.165, 1.54) is 4.90 Å². The van der Waals surface area contributed by atoms with Gasteiger partial charge in [0.25, 0.3) is 5.91 Å². The molecule has 1 aromatic rings. The van der Waals surface area contributed by atoms with Crippen molar-refractivity contribution >= 4 is 29.2 Å². The minimum Gasteiger partial charge on any atom is -0.325 e. The summed E-state index contributed by atoms with van der Waals surface area (Å²) in [7, 11) is 0. The van der Waals surface area contributed by atoms with Gasteiger partial charge in [0.15, 0.2) is 0 Å². The summed E-state index contributed by atoms with van der Waals surface area (Å²) < 4.78 is 0. The van der Waals surface area contributed by atoms with Gasteiger partial charge in [-0.05, 0) is 31.0 Å². The van der Waals surface area contributed by atoms with Crippen LogP contribution in [0.15, 0.2) is 18.2 Å². The number of hydrogen-bond donors (Lipinski definition) is 1. The van der Waals surface area contributed by atoms with Crippen LogP contribution in [-0.4, -0.2) is 18.0 Å². The minimum absolute atomic E-state index is 0.196. The molecule has 5 heteroatoms. The highest BCUT2D eigenvalue weighted by Gasteiger charge is 2.38. The van der Waals surface area contributed by atoms with Gasteiger partial charge in [-0.2, -0.15) is 0 Å². The number of rotatable bonds is 4. The van der Waals surface area contributed by atoms with Gasteiger partial charge in [-0.3, -0.25) is 4.79 Å². The molecule has 1 saturated heterocycles. The first-order chi connectivity index (χ1) is 9.04. The third-order valence-electron chi connectivity index (χ3n) is 3.28. The van der Waals surface area contributed by atoms with E-state index in [-0.39, 0.29) is 11.9 Å². The number of aryl methyl sites for hydroxylation is 1. The molecule has 0 spiro atoms. The molecule has 1 fully saturated rings. The third kappa shape index (κ3) is 2.73. The van der Waals surface area contributed by atoms with Crippen molar-refractivity contribution in [1.82, 2.24) is 5.32 Å². The number of halogens is 1. The quantitative estimate of drug-likeness (QED) is 0.861. The summed E-state index contributed by atoms with van der Waals surface area (Å²) in [5.74, 6) is -0.196. The standard InChI is InChI=1S/C14H17ClN2O2/c1-3-4-5-12-13(18)17(14(19)16-12)10-7-6-9(2)11(15)8-10/h6-8,12H,3-5H2,1-2H3,(H,16,19). The largest absolute Gasteiger partial charge is 0.329 e. The summed E-state index contributed by atoms with van der Waals surface area (Å²) in [6.45, 7) is 3.93. The lowest BCUT2D eigenvalue weighted by Crippen LogP contribution is -2.31. The first-order valence-corrected chi connectivity index (χ1v) is 6.83. The molecule has 1 heterocycles. The molecule has 1 aromatic carbocycles. The van der Waals surface area contributed by atoms with Gasteiger partial charge in [-0.1, -0.05) is 37.4 Å². The van der Waals surface area contributed by atoms with Crippen molar-refractivity contribution in [1.29, 1.82) is 0 Å². The second-order valence-corrected chi connectivity index (χ2v) is 5.16. The number of urea groups is 1. The Morgan fingerprint density at radius 2 is 2.11 bits per heavy atom. The topological polar surface area (TPSA) is 49.4 Å². The van der Waals surface area contributed by atoms with Crippen LogP contribution < -0.4 is 10.2 Å². The van der Waals surface area contributed by atoms with Gasteiger partial charge in [0.1, 0.15) is 6.04 Å². The predicted molar refractivity (Wildman–Crippen MR) is 75.5 cm³/mol. The maximum Gasteiger partial charge on any atom is 0.329 e. The predicted octanol–water partition coefficient (Wildman–Crippen LogP) is 3.26. The fourth-order valence-electron chi connectivity index (χ4n) is 2.10. The molecular weight excluding hydrogens is 264 g/mol. The van der Waals surface area contributed by atoms with E-state index in [0.717, 1.165) is 18.4 Å². The lowest BCUT2D eigenvalue weighted by atomic mass is 10.1. The van der Waals surface area contributed by atoms with Crippen LogP contribution in [0.5, 0.6) is 0 Å². The number of benzene rings is 1. The van der Waals surface area contributed by atoms with Crippen molar-refractivity contribution in [3.05, 3.63) is 28.8 Å². The normalized spacial score (nSPS) is 18.9. The monoisotopic (exact) mass is 280 g/mol. The summed E-state index contributed by atoms with van der Waals surface area (Å²) in [6.07, 6.45) is 2.59. The molecule has 4 nitrogen and oxygen atoms in total. The number of nitrogens with one attached hydrogen (secondary N) is 1. The SMILES string of the molecule is CCCCC1NC(=O)N(c2ccc(C)c(Cl)c2)C1=O. The van der Waals surface area contributed by atoms with E-state index in [1.807, 2.05) is 6.92 Å². The molecule has 0 radical (unpaired) electrons. The fraction of sp³-hybridized carbons (Fsp3) is 0.429. The molecule has 102 valence electrons. The molecule has 3 amide bonds. The Kier molecular flexibility index (Phi) is 4.10. The van der Waals surface area contributed by atoms with E-state index in [1.54, 1.807) is 18.2 Å². The molecule has 0 aromatic heterocycles. The lowest BCUT2D eigenvalue weighted by Gasteiger charge is -2.14. The molecule has 0 saturated carbocycles. The van der Waals surface area contributed by atoms with Crippen LogP contribution in [-0.2, 0) is 4.79 Å². The van der Waals surface area contributed by atoms with Crippen LogP contribution in [0.1, 0.15) is 31.7 Å². The Bertz CT molecular complexity index is 516. The van der Waals surface area contributed by atoms with Crippen LogP contribution in [0.2, 0.25) is 5.02 Å². The highest BCUT2D eigenvalue weighted by Crippen LogP contribution is 2.26. The van der Waals surface area contributed by atoms with E-state index in [0.29, 0.717) is 17.1 Å². The number of hydrogen-bond acceptors (Lipinski definition) is 2. The third-order valence-corrected chi connectivity index (χ3v) is 3.69. The Balaban J connectivity index is 2.22. The van der Waals surface area contributed by atoms with E-state index < -0.39 is 6.04 Å². The van der Waals surface area contributed by atoms with Crippen LogP contribution in [0.3, 0.4) is 0 Å². The first-order valence-electron chi connectivity index (χ1n) is 6.45. The molecule has 1 aliphatic heterocycles. The maximum absolute atomic E-state index is 12.2. The van der Waals surface area contributed by atoms with Gasteiger partial charge >= 0.3 is 6.03 Å². The lowest BCUT2D eigenvalue weighted by molar-refractivity contribution is -0.118. The van der Waals surface area contributed by atoms with Gasteiger partial charge in [0, 0.05) is 5.02 Å². The Morgan fingerprint density at radius 1 is 1.37 bits per heavy atom. The zero-order chi connectivity index (χ0) is 14.0. The van der Waals surface area contributed by atoms with Crippen molar-refractivity contribution in [2.75, 3.05) is 4.90 Å². The van der Waals surface area contributed by atoms with Gasteiger partial charge in [0.2, 0.25) is 0 Å². The average Bonchev–Trinajstić information content (AvgIpc) is 2.65. The molecule has 1 atom stereocenters. The number of unbranched alkanes of at least 4 members (excludes halogenated alkanes) is 1. The van der Waals surface area contributed by atoms with E-state index in [2.05, 4.69) is 12.2 Å². The minimum atomic E-state index is -0.410. The molecule has 1 aliphatic rings. The Hall–Kier alpha value is -1.55. The smallest absolute Gasteiger partial charge is 0.325 e. The van der Waals surface area contributed by atoms with E-state index in [4.69, 9.17) is 11.6 Å². The number of carbonyl (C=O) groups excluding carboxylic acids is 2. The number of anilines is 1. The second-order valence-electron chi connectivity index (χ2n) is 4.75. The molecule has 1 N–H and O–H groups in total. The van der Waals surface area contributed by atoms with Gasteiger partial charge in [0.05, 0.1) is 5.69 Å². The number of carbonyl (C=O) groups is 2. The number of imide groups is 1. The summed E-state index contributed by atoms with van der Waals surface area (Å²) in [4.78, 5) is 25.3. The fourth-order valence-corrected chi connectivity index (χ4v) is 2.28. The first kappa shape index (κ1) is 13.9. The van der Waals surface area contributed by atoms with Crippen LogP contribution in [0.4, 0.5) is 10.5 Å². The second kappa shape index (κ2) is 5.61. The maximum atomic E-state index is 12.2. The molecule has 0 aliphatic carbocycles. The Morgan fingerprint density at radius 3 is 2.74 bits per heavy atom. The van der Waals surface area contributed by atoms with Crippen molar-refractivity contribution in [2.45, 2.75) is 39.2 Å². The highest BCUT2D eigenvalue weighted by molar-refractivity contribution is 6.32. The summed E-state index contributed by atoms with van der Waals surface area (Å²) in [5, 5.41) is 3.27. The molecule has 2 rings (SSSR count). The summed E-state index contributed by atoms with van der Waals surface area (Å²) >= 11 is 6.04. The molecule has 1 unspecified atom stereocenters. The summed E-state index contributed by atoms with van der Waals surface area (Å²) in [6, 6.07) is 4.41. The zero-order valence-electron chi connectivity index (χ0n) is 11.1. The van der Waals surface area contributed by atoms with Crippen molar-refractivity contribution in [3.8, 4) is 0 Å². The van der Waals surface area contributed by atoms with Crippen molar-refractivity contribution < 1.29 is 9.59 Å². The van der Waals surface area contributed by atoms with Crippen LogP contribution in [0, 0.1) is 6.92 Å². The number of nitrogens with zero attached hydrogens (tertiary/aromatic N) is 1. The van der Waals surface area contributed by atoms with Gasteiger partial charge in [-0.15, -0.1) is 0 Å². The van der Waals surface area contributed by atoms with Gasteiger partial charge in [-0.25, -0.2) is 9.69 Å². The number of amides is 3. The van der Waals surface area contributed by atoms with E-state index >= 15 is 0 Å². The molecular formula is C14H17ClN2O2. The molecule has 0 bridgehead atoms. The van der Waals surface area contributed by atoms with E-state index in [9.17, 15) is 9.59 Å². The van der Waals surface area contributed by atoms with Crippen LogP contribution >= 0.6 is 11.6 Å². The Labute approximate surface area is 117 Å². The zero-order valence-corrected chi connectivity index (χ0v) is 11.8. The highest BCUT2D eigenvalue weighted by atomic mass is 35.5. The van der Waals surface area contributed by atoms with Gasteiger partial charge < -0.3 is 5.32 Å². The van der Waals surface area contributed by atoms with Crippen molar-refractivity contribution in [3.63, 3.8) is 0 Å².